The van der Waals surface area contributed by atoms with Gasteiger partial charge < -0.3 is 5.32 Å². The molecule has 106 valence electrons. The fourth-order valence-corrected chi connectivity index (χ4v) is 2.59. The topological polar surface area (TPSA) is 37.8 Å². The van der Waals surface area contributed by atoms with Crippen molar-refractivity contribution in [1.29, 1.82) is 0 Å². The molecular weight excluding hydrogens is 273 g/mol. The van der Waals surface area contributed by atoms with E-state index in [0.717, 1.165) is 22.0 Å². The summed E-state index contributed by atoms with van der Waals surface area (Å²) in [5.41, 5.74) is 0.953. The van der Waals surface area contributed by atoms with Crippen LogP contribution in [0.1, 0.15) is 19.4 Å². The van der Waals surface area contributed by atoms with E-state index in [1.165, 1.54) is 24.2 Å². The molecule has 0 saturated heterocycles. The summed E-state index contributed by atoms with van der Waals surface area (Å²) in [7, 11) is 0. The summed E-state index contributed by atoms with van der Waals surface area (Å²) in [4.78, 5) is 9.09. The maximum absolute atomic E-state index is 13.4. The highest BCUT2D eigenvalue weighted by molar-refractivity contribution is 7.99. The number of nitrogens with one attached hydrogen (secondary N) is 1. The van der Waals surface area contributed by atoms with Crippen molar-refractivity contribution in [3.8, 4) is 0 Å². The van der Waals surface area contributed by atoms with Crippen LogP contribution in [0.5, 0.6) is 0 Å². The first-order chi connectivity index (χ1) is 9.65. The molecule has 0 aliphatic carbocycles. The monoisotopic (exact) mass is 291 g/mol. The largest absolute Gasteiger partial charge is 0.312 e. The van der Waals surface area contributed by atoms with E-state index >= 15 is 0 Å². The molecule has 3 nitrogen and oxygen atoms in total. The van der Waals surface area contributed by atoms with Crippen LogP contribution in [-0.4, -0.2) is 16.5 Å². The molecule has 0 amide bonds. The van der Waals surface area contributed by atoms with Crippen molar-refractivity contribution < 1.29 is 4.39 Å². The van der Waals surface area contributed by atoms with Gasteiger partial charge in [0.25, 0.3) is 0 Å². The molecule has 0 bridgehead atoms. The van der Waals surface area contributed by atoms with Crippen molar-refractivity contribution in [1.82, 2.24) is 15.3 Å². The minimum atomic E-state index is -0.210. The van der Waals surface area contributed by atoms with Crippen molar-refractivity contribution in [3.05, 3.63) is 48.2 Å². The molecule has 0 atom stereocenters. The van der Waals surface area contributed by atoms with E-state index in [-0.39, 0.29) is 5.82 Å². The van der Waals surface area contributed by atoms with E-state index in [9.17, 15) is 4.39 Å². The lowest BCUT2D eigenvalue weighted by Gasteiger charge is -2.11. The molecule has 20 heavy (non-hydrogen) atoms. The minimum absolute atomic E-state index is 0.210. The normalized spacial score (nSPS) is 11.0. The van der Waals surface area contributed by atoms with Crippen LogP contribution in [0, 0.1) is 11.7 Å². The van der Waals surface area contributed by atoms with Crippen LogP contribution in [0.4, 0.5) is 4.39 Å². The zero-order valence-corrected chi connectivity index (χ0v) is 12.5. The Balaban J connectivity index is 2.11. The van der Waals surface area contributed by atoms with Crippen molar-refractivity contribution in [2.45, 2.75) is 30.3 Å². The highest BCUT2D eigenvalue weighted by Gasteiger charge is 2.07. The molecule has 1 aromatic carbocycles. The second kappa shape index (κ2) is 7.36. The molecule has 0 aliphatic heterocycles. The van der Waals surface area contributed by atoms with E-state index in [4.69, 9.17) is 0 Å². The van der Waals surface area contributed by atoms with Crippen molar-refractivity contribution >= 4 is 11.8 Å². The van der Waals surface area contributed by atoms with Gasteiger partial charge in [0.1, 0.15) is 17.2 Å². The Morgan fingerprint density at radius 2 is 2.15 bits per heavy atom. The summed E-state index contributed by atoms with van der Waals surface area (Å²) < 4.78 is 13.4. The maximum atomic E-state index is 13.4. The van der Waals surface area contributed by atoms with Crippen molar-refractivity contribution in [2.75, 3.05) is 6.54 Å². The van der Waals surface area contributed by atoms with Crippen LogP contribution in [0.15, 0.2) is 46.7 Å². The number of benzene rings is 1. The Kier molecular flexibility index (Phi) is 5.49. The lowest BCUT2D eigenvalue weighted by Crippen LogP contribution is -2.19. The van der Waals surface area contributed by atoms with Gasteiger partial charge in [-0.2, -0.15) is 0 Å². The summed E-state index contributed by atoms with van der Waals surface area (Å²) in [6.07, 6.45) is 3.22. The Hall–Kier alpha value is -1.46. The van der Waals surface area contributed by atoms with Crippen molar-refractivity contribution in [2.24, 2.45) is 5.92 Å². The van der Waals surface area contributed by atoms with Crippen LogP contribution < -0.4 is 5.32 Å². The zero-order valence-electron chi connectivity index (χ0n) is 11.6. The Morgan fingerprint density at radius 3 is 2.85 bits per heavy atom. The predicted molar refractivity (Wildman–Crippen MR) is 79.1 cm³/mol. The summed E-state index contributed by atoms with van der Waals surface area (Å²) in [6.45, 7) is 5.86. The number of hydrogen-bond donors (Lipinski definition) is 1. The van der Waals surface area contributed by atoms with Gasteiger partial charge in [-0.1, -0.05) is 25.6 Å². The van der Waals surface area contributed by atoms with Gasteiger partial charge in [-0.15, -0.1) is 0 Å². The number of rotatable bonds is 6. The second-order valence-corrected chi connectivity index (χ2v) is 5.99. The maximum Gasteiger partial charge on any atom is 0.123 e. The van der Waals surface area contributed by atoms with Gasteiger partial charge in [0.05, 0.1) is 0 Å². The molecule has 1 N–H and O–H groups in total. The van der Waals surface area contributed by atoms with Gasteiger partial charge in [-0.05, 0) is 42.3 Å². The third-order valence-corrected chi connectivity index (χ3v) is 3.73. The van der Waals surface area contributed by atoms with E-state index < -0.39 is 0 Å². The van der Waals surface area contributed by atoms with Gasteiger partial charge in [0, 0.05) is 17.6 Å². The molecule has 0 fully saturated rings. The van der Waals surface area contributed by atoms with E-state index in [1.807, 2.05) is 6.07 Å². The molecule has 2 rings (SSSR count). The fourth-order valence-electron chi connectivity index (χ4n) is 1.73. The summed E-state index contributed by atoms with van der Waals surface area (Å²) in [5, 5.41) is 4.20. The molecule has 2 aromatic rings. The fraction of sp³-hybridized carbons (Fsp3) is 0.333. The average Bonchev–Trinajstić information content (AvgIpc) is 2.42. The zero-order chi connectivity index (χ0) is 14.4. The van der Waals surface area contributed by atoms with E-state index in [1.54, 1.807) is 18.3 Å². The molecule has 0 aliphatic rings. The van der Waals surface area contributed by atoms with E-state index in [0.29, 0.717) is 12.5 Å². The molecular formula is C15H18FN3S. The Bertz CT molecular complexity index is 546. The van der Waals surface area contributed by atoms with Gasteiger partial charge in [0.2, 0.25) is 0 Å². The third kappa shape index (κ3) is 4.58. The standard InChI is InChI=1S/C15H18FN3S/c1-11(2)8-18-9-12-7-13(16)3-4-14(12)20-15-5-6-17-10-19-15/h3-7,10-11,18H,8-9H2,1-2H3. The average molecular weight is 291 g/mol. The number of aromatic nitrogens is 2. The minimum Gasteiger partial charge on any atom is -0.312 e. The summed E-state index contributed by atoms with van der Waals surface area (Å²) >= 11 is 1.52. The number of nitrogens with zero attached hydrogens (tertiary/aromatic N) is 2. The molecule has 1 heterocycles. The highest BCUT2D eigenvalue weighted by atomic mass is 32.2. The van der Waals surface area contributed by atoms with Crippen LogP contribution >= 0.6 is 11.8 Å². The van der Waals surface area contributed by atoms with Crippen LogP contribution in [0.3, 0.4) is 0 Å². The molecule has 5 heteroatoms. The first-order valence-electron chi connectivity index (χ1n) is 6.58. The Labute approximate surface area is 123 Å². The van der Waals surface area contributed by atoms with Gasteiger partial charge in [-0.3, -0.25) is 0 Å². The Morgan fingerprint density at radius 1 is 1.30 bits per heavy atom. The molecule has 0 radical (unpaired) electrons. The van der Waals surface area contributed by atoms with Crippen molar-refractivity contribution in [3.63, 3.8) is 0 Å². The van der Waals surface area contributed by atoms with Crippen LogP contribution in [-0.2, 0) is 6.54 Å². The van der Waals surface area contributed by atoms with Gasteiger partial charge >= 0.3 is 0 Å². The third-order valence-electron chi connectivity index (χ3n) is 2.66. The van der Waals surface area contributed by atoms with Crippen LogP contribution in [0.2, 0.25) is 0 Å². The SMILES string of the molecule is CC(C)CNCc1cc(F)ccc1Sc1ccncn1. The summed E-state index contributed by atoms with van der Waals surface area (Å²) in [6, 6.07) is 6.71. The first-order valence-corrected chi connectivity index (χ1v) is 7.40. The lowest BCUT2D eigenvalue weighted by atomic mass is 10.2. The molecule has 0 saturated carbocycles. The number of halogens is 1. The molecule has 1 aromatic heterocycles. The first kappa shape index (κ1) is 14.9. The highest BCUT2D eigenvalue weighted by Crippen LogP contribution is 2.29. The molecule has 0 spiro atoms. The van der Waals surface area contributed by atoms with Gasteiger partial charge in [-0.25, -0.2) is 14.4 Å². The van der Waals surface area contributed by atoms with Crippen LogP contribution in [0.25, 0.3) is 0 Å². The number of hydrogen-bond acceptors (Lipinski definition) is 4. The van der Waals surface area contributed by atoms with E-state index in [2.05, 4.69) is 29.1 Å². The second-order valence-electron chi connectivity index (χ2n) is 4.93. The quantitative estimate of drug-likeness (QED) is 0.827. The lowest BCUT2D eigenvalue weighted by molar-refractivity contribution is 0.547. The summed E-state index contributed by atoms with van der Waals surface area (Å²) in [5.74, 6) is 0.361. The molecule has 0 unspecified atom stereocenters. The predicted octanol–water partition coefficient (Wildman–Crippen LogP) is 3.51. The smallest absolute Gasteiger partial charge is 0.123 e. The van der Waals surface area contributed by atoms with Gasteiger partial charge in [0.15, 0.2) is 0 Å².